The van der Waals surface area contributed by atoms with Gasteiger partial charge in [0.1, 0.15) is 17.7 Å². The third-order valence-corrected chi connectivity index (χ3v) is 5.29. The maximum atomic E-state index is 13.4. The molecule has 6 nitrogen and oxygen atoms in total. The largest absolute Gasteiger partial charge is 0.367 e. The number of piperazine rings is 1. The molecule has 140 valence electrons. The first-order valence-electron chi connectivity index (χ1n) is 9.52. The van der Waals surface area contributed by atoms with Crippen molar-refractivity contribution in [3.8, 4) is 6.07 Å². The number of nitriles is 1. The zero-order valence-electron chi connectivity index (χ0n) is 15.3. The van der Waals surface area contributed by atoms with E-state index in [4.69, 9.17) is 4.98 Å². The van der Waals surface area contributed by atoms with E-state index in [1.54, 1.807) is 6.07 Å². The molecule has 1 aromatic carbocycles. The number of hydrogen-bond donors (Lipinski definition) is 0. The monoisotopic (exact) mass is 366 g/mol. The maximum Gasteiger partial charge on any atom is 0.227 e. The molecule has 0 unspecified atom stereocenters. The molecule has 0 amide bonds. The number of nitrogens with zero attached hydrogens (tertiary/aromatic N) is 6. The van der Waals surface area contributed by atoms with Crippen LogP contribution in [0.5, 0.6) is 0 Å². The topological polar surface area (TPSA) is 59.3 Å². The Balaban J connectivity index is 1.44. The second-order valence-electron chi connectivity index (χ2n) is 7.01. The summed E-state index contributed by atoms with van der Waals surface area (Å²) in [5, 5.41) is 9.28. The van der Waals surface area contributed by atoms with E-state index in [1.165, 1.54) is 31.4 Å². The van der Waals surface area contributed by atoms with Gasteiger partial charge in [0, 0.05) is 45.5 Å². The average Bonchev–Trinajstić information content (AvgIpc) is 2.74. The molecule has 2 aromatic rings. The molecule has 3 heterocycles. The van der Waals surface area contributed by atoms with Crippen LogP contribution in [0.2, 0.25) is 0 Å². The van der Waals surface area contributed by atoms with Gasteiger partial charge < -0.3 is 14.7 Å². The van der Waals surface area contributed by atoms with E-state index in [2.05, 4.69) is 25.8 Å². The van der Waals surface area contributed by atoms with Crippen molar-refractivity contribution in [2.45, 2.75) is 19.3 Å². The molecule has 7 heteroatoms. The highest BCUT2D eigenvalue weighted by atomic mass is 19.1. The van der Waals surface area contributed by atoms with Crippen LogP contribution in [0.15, 0.2) is 30.5 Å². The van der Waals surface area contributed by atoms with E-state index < -0.39 is 0 Å². The van der Waals surface area contributed by atoms with Crippen molar-refractivity contribution in [1.29, 1.82) is 5.26 Å². The minimum Gasteiger partial charge on any atom is -0.367 e. The normalized spacial score (nSPS) is 17.7. The molecule has 2 fully saturated rings. The SMILES string of the molecule is N#Cc1cc(F)ccc1N1CCN(c2ccnc(N3CCCCC3)n2)CC1. The van der Waals surface area contributed by atoms with Gasteiger partial charge in [0.15, 0.2) is 0 Å². The van der Waals surface area contributed by atoms with E-state index in [-0.39, 0.29) is 5.82 Å². The minimum absolute atomic E-state index is 0.375. The first-order valence-corrected chi connectivity index (χ1v) is 9.52. The van der Waals surface area contributed by atoms with Gasteiger partial charge in [0.2, 0.25) is 5.95 Å². The summed E-state index contributed by atoms with van der Waals surface area (Å²) in [6, 6.07) is 8.47. The van der Waals surface area contributed by atoms with Crippen molar-refractivity contribution in [2.24, 2.45) is 0 Å². The predicted octanol–water partition coefficient (Wildman–Crippen LogP) is 2.80. The predicted molar refractivity (Wildman–Crippen MR) is 104 cm³/mol. The van der Waals surface area contributed by atoms with E-state index in [9.17, 15) is 9.65 Å². The third-order valence-electron chi connectivity index (χ3n) is 5.29. The molecule has 0 saturated carbocycles. The second kappa shape index (κ2) is 7.78. The van der Waals surface area contributed by atoms with Crippen LogP contribution >= 0.6 is 0 Å². The molecule has 0 spiro atoms. The van der Waals surface area contributed by atoms with Gasteiger partial charge >= 0.3 is 0 Å². The van der Waals surface area contributed by atoms with Gasteiger partial charge in [-0.05, 0) is 43.5 Å². The number of piperidine rings is 1. The molecule has 27 heavy (non-hydrogen) atoms. The molecule has 2 aliphatic heterocycles. The molecular formula is C20H23FN6. The van der Waals surface area contributed by atoms with Gasteiger partial charge in [-0.15, -0.1) is 0 Å². The molecule has 0 N–H and O–H groups in total. The summed E-state index contributed by atoms with van der Waals surface area (Å²) >= 11 is 0. The highest BCUT2D eigenvalue weighted by Crippen LogP contribution is 2.24. The number of anilines is 3. The Morgan fingerprint density at radius 2 is 1.63 bits per heavy atom. The lowest BCUT2D eigenvalue weighted by Gasteiger charge is -2.37. The minimum atomic E-state index is -0.375. The summed E-state index contributed by atoms with van der Waals surface area (Å²) in [7, 11) is 0. The molecule has 0 aliphatic carbocycles. The summed E-state index contributed by atoms with van der Waals surface area (Å²) in [6.45, 7) is 5.20. The Hall–Kier alpha value is -2.88. The quantitative estimate of drug-likeness (QED) is 0.833. The molecule has 4 rings (SSSR count). The highest BCUT2D eigenvalue weighted by molar-refractivity contribution is 5.60. The standard InChI is InChI=1S/C20H23FN6/c21-17-4-5-18(16(14-17)15-22)25-10-12-26(13-11-25)19-6-7-23-20(24-19)27-8-2-1-3-9-27/h4-7,14H,1-3,8-13H2. The lowest BCUT2D eigenvalue weighted by molar-refractivity contribution is 0.567. The number of aromatic nitrogens is 2. The number of benzene rings is 1. The van der Waals surface area contributed by atoms with Crippen molar-refractivity contribution in [3.05, 3.63) is 41.8 Å². The summed E-state index contributed by atoms with van der Waals surface area (Å²) in [5.41, 5.74) is 1.19. The third kappa shape index (κ3) is 3.80. The summed E-state index contributed by atoms with van der Waals surface area (Å²) in [5.74, 6) is 1.39. The van der Waals surface area contributed by atoms with Gasteiger partial charge in [0.05, 0.1) is 11.3 Å². The summed E-state index contributed by atoms with van der Waals surface area (Å²) in [6.07, 6.45) is 5.52. The molecule has 0 radical (unpaired) electrons. The first kappa shape index (κ1) is 17.5. The van der Waals surface area contributed by atoms with Crippen LogP contribution in [0.4, 0.5) is 21.8 Å². The van der Waals surface area contributed by atoms with Crippen molar-refractivity contribution in [3.63, 3.8) is 0 Å². The van der Waals surface area contributed by atoms with Crippen LogP contribution in [-0.4, -0.2) is 49.2 Å². The van der Waals surface area contributed by atoms with Crippen molar-refractivity contribution in [2.75, 3.05) is 54.0 Å². The molecule has 0 bridgehead atoms. The summed E-state index contributed by atoms with van der Waals surface area (Å²) in [4.78, 5) is 15.9. The van der Waals surface area contributed by atoms with Gasteiger partial charge in [-0.3, -0.25) is 0 Å². The van der Waals surface area contributed by atoms with Crippen LogP contribution < -0.4 is 14.7 Å². The zero-order valence-corrected chi connectivity index (χ0v) is 15.3. The first-order chi connectivity index (χ1) is 13.2. The van der Waals surface area contributed by atoms with Crippen LogP contribution in [-0.2, 0) is 0 Å². The van der Waals surface area contributed by atoms with Crippen LogP contribution in [0.25, 0.3) is 0 Å². The van der Waals surface area contributed by atoms with Gasteiger partial charge in [-0.1, -0.05) is 0 Å². The summed E-state index contributed by atoms with van der Waals surface area (Å²) < 4.78 is 13.4. The number of rotatable bonds is 3. The van der Waals surface area contributed by atoms with E-state index in [0.717, 1.165) is 56.7 Å². The second-order valence-corrected chi connectivity index (χ2v) is 7.01. The fraction of sp³-hybridized carbons (Fsp3) is 0.450. The Bertz CT molecular complexity index is 835. The van der Waals surface area contributed by atoms with Crippen LogP contribution in [0.1, 0.15) is 24.8 Å². The zero-order chi connectivity index (χ0) is 18.6. The Labute approximate surface area is 158 Å². The average molecular weight is 366 g/mol. The Morgan fingerprint density at radius 3 is 2.37 bits per heavy atom. The lowest BCUT2D eigenvalue weighted by atomic mass is 10.1. The maximum absolute atomic E-state index is 13.4. The Kier molecular flexibility index (Phi) is 5.05. The van der Waals surface area contributed by atoms with Crippen LogP contribution in [0.3, 0.4) is 0 Å². The molecule has 0 atom stereocenters. The molecule has 2 saturated heterocycles. The number of halogens is 1. The van der Waals surface area contributed by atoms with Crippen LogP contribution in [0, 0.1) is 17.1 Å². The highest BCUT2D eigenvalue weighted by Gasteiger charge is 2.22. The van der Waals surface area contributed by atoms with Gasteiger partial charge in [-0.2, -0.15) is 10.2 Å². The van der Waals surface area contributed by atoms with Crippen molar-refractivity contribution < 1.29 is 4.39 Å². The van der Waals surface area contributed by atoms with E-state index >= 15 is 0 Å². The molecular weight excluding hydrogens is 343 g/mol. The lowest BCUT2D eigenvalue weighted by Crippen LogP contribution is -2.47. The van der Waals surface area contributed by atoms with Crippen molar-refractivity contribution >= 4 is 17.5 Å². The molecule has 2 aliphatic rings. The van der Waals surface area contributed by atoms with Gasteiger partial charge in [-0.25, -0.2) is 9.37 Å². The fourth-order valence-corrected chi connectivity index (χ4v) is 3.81. The fourth-order valence-electron chi connectivity index (χ4n) is 3.81. The Morgan fingerprint density at radius 1 is 0.889 bits per heavy atom. The van der Waals surface area contributed by atoms with E-state index in [0.29, 0.717) is 5.56 Å². The number of hydrogen-bond acceptors (Lipinski definition) is 6. The van der Waals surface area contributed by atoms with E-state index in [1.807, 2.05) is 12.3 Å². The van der Waals surface area contributed by atoms with Gasteiger partial charge in [0.25, 0.3) is 0 Å². The molecule has 1 aromatic heterocycles. The smallest absolute Gasteiger partial charge is 0.227 e. The van der Waals surface area contributed by atoms with Crippen molar-refractivity contribution in [1.82, 2.24) is 9.97 Å².